The zero-order chi connectivity index (χ0) is 12.8. The van der Waals surface area contributed by atoms with E-state index in [2.05, 4.69) is 0 Å². The molecule has 0 aliphatic rings. The molecule has 5 heteroatoms. The minimum atomic E-state index is -0.293. The van der Waals surface area contributed by atoms with E-state index in [1.165, 1.54) is 0 Å². The molecule has 2 N–H and O–H groups in total. The minimum Gasteiger partial charge on any atom is -0.393 e. The predicted octanol–water partition coefficient (Wildman–Crippen LogP) is 1.33. The fraction of sp³-hybridized carbons (Fsp3) is 0.818. The smallest absolute Gasteiger partial charge is 0.248 e. The van der Waals surface area contributed by atoms with Crippen LogP contribution in [-0.2, 0) is 9.53 Å². The summed E-state index contributed by atoms with van der Waals surface area (Å²) in [7, 11) is 0. The monoisotopic (exact) mass is 246 g/mol. The molecule has 0 rings (SSSR count). The number of ether oxygens (including phenoxy) is 1. The van der Waals surface area contributed by atoms with Gasteiger partial charge in [0.1, 0.15) is 6.61 Å². The van der Waals surface area contributed by atoms with Crippen LogP contribution in [0, 0.1) is 0 Å². The van der Waals surface area contributed by atoms with Crippen LogP contribution in [0.2, 0.25) is 0 Å². The zero-order valence-electron chi connectivity index (χ0n) is 10.6. The molecule has 0 spiro atoms. The van der Waals surface area contributed by atoms with Crippen molar-refractivity contribution >= 4 is 23.1 Å². The van der Waals surface area contributed by atoms with Gasteiger partial charge >= 0.3 is 0 Å². The molecular weight excluding hydrogens is 224 g/mol. The number of hydrogen-bond acceptors (Lipinski definition) is 3. The van der Waals surface area contributed by atoms with Gasteiger partial charge in [-0.05, 0) is 27.7 Å². The molecule has 94 valence electrons. The number of carbonyl (C=O) groups is 1. The molecule has 0 fully saturated rings. The molecule has 0 atom stereocenters. The van der Waals surface area contributed by atoms with Crippen LogP contribution in [0.5, 0.6) is 0 Å². The van der Waals surface area contributed by atoms with Gasteiger partial charge in [-0.2, -0.15) is 0 Å². The average Bonchev–Trinajstić information content (AvgIpc) is 2.14. The maximum atomic E-state index is 11.8. The lowest BCUT2D eigenvalue weighted by atomic mass is 10.2. The maximum absolute atomic E-state index is 11.8. The third kappa shape index (κ3) is 7.59. The van der Waals surface area contributed by atoms with Crippen molar-refractivity contribution in [1.29, 1.82) is 0 Å². The Balaban J connectivity index is 4.06. The van der Waals surface area contributed by atoms with Crippen LogP contribution in [0.4, 0.5) is 0 Å². The molecule has 0 aromatic rings. The summed E-state index contributed by atoms with van der Waals surface area (Å²) in [6.07, 6.45) is 0.560. The summed E-state index contributed by atoms with van der Waals surface area (Å²) < 4.78 is 5.43. The summed E-state index contributed by atoms with van der Waals surface area (Å²) >= 11 is 4.78. The van der Waals surface area contributed by atoms with Gasteiger partial charge in [-0.15, -0.1) is 0 Å². The molecular formula is C11H22N2O2S. The number of nitrogens with two attached hydrogens (primary N) is 1. The fourth-order valence-electron chi connectivity index (χ4n) is 1.07. The number of amides is 1. The van der Waals surface area contributed by atoms with Gasteiger partial charge in [0, 0.05) is 19.5 Å². The molecule has 0 saturated carbocycles. The third-order valence-corrected chi connectivity index (χ3v) is 2.20. The van der Waals surface area contributed by atoms with Crippen LogP contribution >= 0.6 is 12.2 Å². The van der Waals surface area contributed by atoms with E-state index >= 15 is 0 Å². The molecule has 4 nitrogen and oxygen atoms in total. The van der Waals surface area contributed by atoms with Crippen molar-refractivity contribution in [2.24, 2.45) is 5.73 Å². The van der Waals surface area contributed by atoms with Crippen LogP contribution in [0.3, 0.4) is 0 Å². The second kappa shape index (κ2) is 6.81. The highest BCUT2D eigenvalue weighted by atomic mass is 32.1. The van der Waals surface area contributed by atoms with Crippen molar-refractivity contribution in [2.75, 3.05) is 19.7 Å². The van der Waals surface area contributed by atoms with Crippen molar-refractivity contribution in [1.82, 2.24) is 4.90 Å². The van der Waals surface area contributed by atoms with E-state index in [1.807, 2.05) is 27.7 Å². The van der Waals surface area contributed by atoms with Crippen molar-refractivity contribution in [3.63, 3.8) is 0 Å². The molecule has 0 radical (unpaired) electrons. The zero-order valence-corrected chi connectivity index (χ0v) is 11.4. The van der Waals surface area contributed by atoms with Crippen LogP contribution in [-0.4, -0.2) is 41.1 Å². The van der Waals surface area contributed by atoms with Gasteiger partial charge in [0.05, 0.1) is 10.6 Å². The topological polar surface area (TPSA) is 55.6 Å². The van der Waals surface area contributed by atoms with E-state index in [0.717, 1.165) is 0 Å². The summed E-state index contributed by atoms with van der Waals surface area (Å²) in [5.41, 5.74) is 5.11. The van der Waals surface area contributed by atoms with E-state index < -0.39 is 0 Å². The highest BCUT2D eigenvalue weighted by Crippen LogP contribution is 2.07. The molecule has 0 unspecified atom stereocenters. The summed E-state index contributed by atoms with van der Waals surface area (Å²) in [6.45, 7) is 9.01. The lowest BCUT2D eigenvalue weighted by molar-refractivity contribution is -0.140. The van der Waals surface area contributed by atoms with Gasteiger partial charge < -0.3 is 15.4 Å². The Hall–Kier alpha value is -0.680. The van der Waals surface area contributed by atoms with Gasteiger partial charge in [0.2, 0.25) is 5.91 Å². The molecule has 0 saturated heterocycles. The Morgan fingerprint density at radius 1 is 1.44 bits per heavy atom. The number of nitrogens with zero attached hydrogens (tertiary/aromatic N) is 1. The van der Waals surface area contributed by atoms with E-state index in [1.54, 1.807) is 4.90 Å². The van der Waals surface area contributed by atoms with Crippen LogP contribution in [0.25, 0.3) is 0 Å². The Morgan fingerprint density at radius 3 is 2.38 bits per heavy atom. The molecule has 0 aliphatic carbocycles. The molecule has 0 aromatic heterocycles. The summed E-state index contributed by atoms with van der Waals surface area (Å²) in [6, 6.07) is 0. The van der Waals surface area contributed by atoms with Crippen LogP contribution in [0.1, 0.15) is 34.1 Å². The molecule has 16 heavy (non-hydrogen) atoms. The van der Waals surface area contributed by atoms with Gasteiger partial charge in [0.25, 0.3) is 0 Å². The maximum Gasteiger partial charge on any atom is 0.248 e. The average molecular weight is 246 g/mol. The highest BCUT2D eigenvalue weighted by Gasteiger charge is 2.16. The van der Waals surface area contributed by atoms with Crippen LogP contribution < -0.4 is 5.73 Å². The van der Waals surface area contributed by atoms with E-state index in [0.29, 0.717) is 24.5 Å². The van der Waals surface area contributed by atoms with Gasteiger partial charge in [0.15, 0.2) is 0 Å². The fourth-order valence-corrected chi connectivity index (χ4v) is 1.17. The van der Waals surface area contributed by atoms with Crippen LogP contribution in [0.15, 0.2) is 0 Å². The Labute approximate surface area is 103 Å². The number of carbonyl (C=O) groups excluding carboxylic acids is 1. The highest BCUT2D eigenvalue weighted by molar-refractivity contribution is 7.80. The summed E-state index contributed by atoms with van der Waals surface area (Å²) in [5.74, 6) is -0.0197. The second-order valence-electron chi connectivity index (χ2n) is 4.59. The first-order valence-corrected chi connectivity index (χ1v) is 5.87. The molecule has 0 aliphatic heterocycles. The largest absolute Gasteiger partial charge is 0.393 e. The van der Waals surface area contributed by atoms with Crippen molar-refractivity contribution in [3.8, 4) is 0 Å². The number of thiocarbonyl (C=S) groups is 1. The molecule has 1 amide bonds. The first-order valence-electron chi connectivity index (χ1n) is 5.46. The van der Waals surface area contributed by atoms with Crippen molar-refractivity contribution < 1.29 is 9.53 Å². The van der Waals surface area contributed by atoms with E-state index in [9.17, 15) is 4.79 Å². The summed E-state index contributed by atoms with van der Waals surface area (Å²) in [5, 5.41) is 0. The third-order valence-electron chi connectivity index (χ3n) is 1.99. The lowest BCUT2D eigenvalue weighted by Gasteiger charge is -2.24. The molecule has 0 aromatic carbocycles. The number of rotatable bonds is 6. The Kier molecular flexibility index (Phi) is 6.52. The van der Waals surface area contributed by atoms with Crippen molar-refractivity contribution in [3.05, 3.63) is 0 Å². The Morgan fingerprint density at radius 2 is 2.00 bits per heavy atom. The van der Waals surface area contributed by atoms with Crippen molar-refractivity contribution in [2.45, 2.75) is 39.7 Å². The first-order chi connectivity index (χ1) is 7.26. The van der Waals surface area contributed by atoms with E-state index in [4.69, 9.17) is 22.7 Å². The normalized spacial score (nSPS) is 11.2. The second-order valence-corrected chi connectivity index (χ2v) is 5.12. The van der Waals surface area contributed by atoms with Gasteiger partial charge in [-0.3, -0.25) is 4.79 Å². The minimum absolute atomic E-state index is 0.0197. The van der Waals surface area contributed by atoms with Gasteiger partial charge in [-0.25, -0.2) is 0 Å². The molecule has 0 heterocycles. The first kappa shape index (κ1) is 15.3. The predicted molar refractivity (Wildman–Crippen MR) is 69.4 cm³/mol. The number of likely N-dealkylation sites (N-methyl/N-ethyl adjacent to an activating group) is 1. The lowest BCUT2D eigenvalue weighted by Crippen LogP contribution is -2.38. The summed E-state index contributed by atoms with van der Waals surface area (Å²) in [4.78, 5) is 13.9. The van der Waals surface area contributed by atoms with E-state index in [-0.39, 0.29) is 18.1 Å². The molecule has 0 bridgehead atoms. The SMILES string of the molecule is CCN(CCC(N)=S)C(=O)COC(C)(C)C. The Bertz CT molecular complexity index is 249. The quantitative estimate of drug-likeness (QED) is 0.718. The van der Waals surface area contributed by atoms with Gasteiger partial charge in [-0.1, -0.05) is 12.2 Å². The number of hydrogen-bond donors (Lipinski definition) is 1. The standard InChI is InChI=1S/C11H22N2O2S/c1-5-13(7-6-9(12)16)10(14)8-15-11(2,3)4/h5-8H2,1-4H3,(H2,12,16).